The normalized spacial score (nSPS) is 11.1. The van der Waals surface area contributed by atoms with E-state index in [9.17, 15) is 9.59 Å². The van der Waals surface area contributed by atoms with E-state index in [1.165, 1.54) is 11.3 Å². The van der Waals surface area contributed by atoms with Gasteiger partial charge in [-0.25, -0.2) is 0 Å². The minimum Gasteiger partial charge on any atom is -0.346 e. The predicted molar refractivity (Wildman–Crippen MR) is 95.4 cm³/mol. The molecular formula is C17H12N2O2S2. The number of nitrogens with one attached hydrogen (secondary N) is 2. The minimum absolute atomic E-state index is 0.150. The van der Waals surface area contributed by atoms with Crippen LogP contribution in [0, 0.1) is 0 Å². The van der Waals surface area contributed by atoms with Crippen LogP contribution in [-0.4, -0.2) is 10.9 Å². The third-order valence-electron chi connectivity index (χ3n) is 3.62. The smallest absolute Gasteiger partial charge is 0.261 e. The second kappa shape index (κ2) is 5.64. The van der Waals surface area contributed by atoms with Crippen LogP contribution in [0.15, 0.2) is 52.6 Å². The zero-order chi connectivity index (χ0) is 15.8. The van der Waals surface area contributed by atoms with Gasteiger partial charge in [0.15, 0.2) is 0 Å². The van der Waals surface area contributed by atoms with E-state index in [2.05, 4.69) is 10.3 Å². The number of thiophene rings is 2. The lowest BCUT2D eigenvalue weighted by atomic mass is 10.2. The maximum atomic E-state index is 12.3. The van der Waals surface area contributed by atoms with Gasteiger partial charge in [-0.1, -0.05) is 24.3 Å². The Morgan fingerprint density at radius 1 is 1.13 bits per heavy atom. The number of aromatic amines is 1. The van der Waals surface area contributed by atoms with E-state index in [0.717, 1.165) is 20.5 Å². The van der Waals surface area contributed by atoms with Gasteiger partial charge >= 0.3 is 0 Å². The van der Waals surface area contributed by atoms with E-state index < -0.39 is 0 Å². The highest BCUT2D eigenvalue weighted by molar-refractivity contribution is 7.21. The topological polar surface area (TPSA) is 62.0 Å². The summed E-state index contributed by atoms with van der Waals surface area (Å²) in [5.74, 6) is -0.150. The lowest BCUT2D eigenvalue weighted by Crippen LogP contribution is -2.21. The molecule has 0 aliphatic rings. The van der Waals surface area contributed by atoms with Crippen LogP contribution in [0.4, 0.5) is 0 Å². The lowest BCUT2D eigenvalue weighted by Gasteiger charge is -2.00. The second-order valence-electron chi connectivity index (χ2n) is 5.12. The highest BCUT2D eigenvalue weighted by Gasteiger charge is 2.14. The van der Waals surface area contributed by atoms with Gasteiger partial charge in [0, 0.05) is 20.5 Å². The van der Waals surface area contributed by atoms with Crippen LogP contribution in [-0.2, 0) is 6.54 Å². The van der Waals surface area contributed by atoms with Crippen molar-refractivity contribution in [3.8, 4) is 0 Å². The molecule has 0 aliphatic heterocycles. The van der Waals surface area contributed by atoms with Gasteiger partial charge in [0.1, 0.15) is 0 Å². The molecule has 0 saturated heterocycles. The van der Waals surface area contributed by atoms with Crippen LogP contribution in [0.5, 0.6) is 0 Å². The van der Waals surface area contributed by atoms with Crippen LogP contribution < -0.4 is 10.9 Å². The summed E-state index contributed by atoms with van der Waals surface area (Å²) < 4.78 is 0.852. The average molecular weight is 340 g/mol. The third-order valence-corrected chi connectivity index (χ3v) is 5.67. The van der Waals surface area contributed by atoms with E-state index in [0.29, 0.717) is 16.8 Å². The van der Waals surface area contributed by atoms with Crippen molar-refractivity contribution in [3.63, 3.8) is 0 Å². The number of H-pyrrole nitrogens is 1. The van der Waals surface area contributed by atoms with Gasteiger partial charge in [-0.05, 0) is 23.6 Å². The summed E-state index contributed by atoms with van der Waals surface area (Å²) in [7, 11) is 0. The molecule has 23 heavy (non-hydrogen) atoms. The Bertz CT molecular complexity index is 1060. The highest BCUT2D eigenvalue weighted by atomic mass is 32.1. The number of amides is 1. The molecule has 4 rings (SSSR count). The van der Waals surface area contributed by atoms with Gasteiger partial charge in [-0.2, -0.15) is 0 Å². The first kappa shape index (κ1) is 14.2. The number of hydrogen-bond donors (Lipinski definition) is 2. The van der Waals surface area contributed by atoms with Crippen molar-refractivity contribution in [3.05, 3.63) is 68.0 Å². The van der Waals surface area contributed by atoms with E-state index in [1.807, 2.05) is 41.8 Å². The summed E-state index contributed by atoms with van der Waals surface area (Å²) in [6.45, 7) is 0.502. The Labute approximate surface area is 139 Å². The Hall–Kier alpha value is -2.44. The van der Waals surface area contributed by atoms with E-state index in [1.54, 1.807) is 17.4 Å². The number of benzene rings is 1. The number of rotatable bonds is 3. The maximum Gasteiger partial charge on any atom is 0.261 e. The Morgan fingerprint density at radius 2 is 2.00 bits per heavy atom. The lowest BCUT2D eigenvalue weighted by molar-refractivity contribution is 0.0955. The standard InChI is InChI=1S/C17H12N2O2S2/c20-16-12-8-14(17(21)18-9-10-4-3-7-22-10)23-15(12)11-5-1-2-6-13(11)19-16/h1-8H,9H2,(H,18,21)(H,19,20). The summed E-state index contributed by atoms with van der Waals surface area (Å²) in [5, 5.41) is 6.41. The van der Waals surface area contributed by atoms with Gasteiger partial charge in [-0.15, -0.1) is 22.7 Å². The first-order chi connectivity index (χ1) is 11.2. The molecule has 6 heteroatoms. The molecule has 0 atom stereocenters. The summed E-state index contributed by atoms with van der Waals surface area (Å²) in [4.78, 5) is 29.1. The highest BCUT2D eigenvalue weighted by Crippen LogP contribution is 2.29. The maximum absolute atomic E-state index is 12.3. The number of fused-ring (bicyclic) bond motifs is 3. The molecule has 0 saturated carbocycles. The number of carbonyl (C=O) groups is 1. The first-order valence-electron chi connectivity index (χ1n) is 7.07. The fraction of sp³-hybridized carbons (Fsp3) is 0.0588. The summed E-state index contributed by atoms with van der Waals surface area (Å²) in [6.07, 6.45) is 0. The molecule has 1 amide bonds. The zero-order valence-electron chi connectivity index (χ0n) is 12.0. The molecule has 0 aliphatic carbocycles. The molecule has 3 aromatic heterocycles. The molecule has 4 aromatic rings. The van der Waals surface area contributed by atoms with Crippen molar-refractivity contribution in [2.75, 3.05) is 0 Å². The molecule has 0 fully saturated rings. The largest absolute Gasteiger partial charge is 0.346 e. The Morgan fingerprint density at radius 3 is 2.83 bits per heavy atom. The molecule has 114 valence electrons. The van der Waals surface area contributed by atoms with E-state index in [4.69, 9.17) is 0 Å². The predicted octanol–water partition coefficient (Wildman–Crippen LogP) is 3.73. The summed E-state index contributed by atoms with van der Waals surface area (Å²) >= 11 is 2.96. The zero-order valence-corrected chi connectivity index (χ0v) is 13.6. The third kappa shape index (κ3) is 2.56. The average Bonchev–Trinajstić information content (AvgIpc) is 3.23. The van der Waals surface area contributed by atoms with Gasteiger partial charge in [0.2, 0.25) is 0 Å². The Balaban J connectivity index is 1.73. The van der Waals surface area contributed by atoms with Crippen LogP contribution in [0.25, 0.3) is 21.0 Å². The number of carbonyl (C=O) groups excluding carboxylic acids is 1. The van der Waals surface area contributed by atoms with Gasteiger partial charge in [0.25, 0.3) is 11.5 Å². The molecule has 1 aromatic carbocycles. The molecule has 0 bridgehead atoms. The van der Waals surface area contributed by atoms with E-state index >= 15 is 0 Å². The molecule has 0 radical (unpaired) electrons. The van der Waals surface area contributed by atoms with Crippen LogP contribution in [0.2, 0.25) is 0 Å². The van der Waals surface area contributed by atoms with Crippen LogP contribution in [0.3, 0.4) is 0 Å². The van der Waals surface area contributed by atoms with Crippen molar-refractivity contribution in [1.29, 1.82) is 0 Å². The number of para-hydroxylation sites is 1. The van der Waals surface area contributed by atoms with Gasteiger partial charge in [0.05, 0.1) is 16.8 Å². The quantitative estimate of drug-likeness (QED) is 0.597. The summed E-state index contributed by atoms with van der Waals surface area (Å²) in [6, 6.07) is 13.2. The van der Waals surface area contributed by atoms with Crippen molar-refractivity contribution < 1.29 is 4.79 Å². The van der Waals surface area contributed by atoms with Gasteiger partial charge in [-0.3, -0.25) is 9.59 Å². The number of hydrogen-bond acceptors (Lipinski definition) is 4. The number of pyridine rings is 1. The first-order valence-corrected chi connectivity index (χ1v) is 8.77. The monoisotopic (exact) mass is 340 g/mol. The SMILES string of the molecule is O=C(NCc1cccs1)c1cc2c(=O)[nH]c3ccccc3c2s1. The Kier molecular flexibility index (Phi) is 3.48. The molecule has 4 nitrogen and oxygen atoms in total. The molecule has 3 heterocycles. The number of aromatic nitrogens is 1. The minimum atomic E-state index is -0.160. The van der Waals surface area contributed by atoms with Gasteiger partial charge < -0.3 is 10.3 Å². The second-order valence-corrected chi connectivity index (χ2v) is 7.20. The van der Waals surface area contributed by atoms with Crippen LogP contribution in [0.1, 0.15) is 14.5 Å². The fourth-order valence-corrected chi connectivity index (χ4v) is 4.27. The van der Waals surface area contributed by atoms with Crippen molar-refractivity contribution in [2.45, 2.75) is 6.54 Å². The van der Waals surface area contributed by atoms with Crippen LogP contribution >= 0.6 is 22.7 Å². The molecule has 0 spiro atoms. The molecular weight excluding hydrogens is 328 g/mol. The van der Waals surface area contributed by atoms with Crippen molar-refractivity contribution >= 4 is 49.6 Å². The molecule has 2 N–H and O–H groups in total. The summed E-state index contributed by atoms with van der Waals surface area (Å²) in [5.41, 5.74) is 0.629. The van der Waals surface area contributed by atoms with E-state index in [-0.39, 0.29) is 11.5 Å². The van der Waals surface area contributed by atoms with Crippen molar-refractivity contribution in [1.82, 2.24) is 10.3 Å². The fourth-order valence-electron chi connectivity index (χ4n) is 2.52. The molecule has 0 unspecified atom stereocenters. The van der Waals surface area contributed by atoms with Crippen molar-refractivity contribution in [2.24, 2.45) is 0 Å².